The molecule has 160 valence electrons. The van der Waals surface area contributed by atoms with E-state index in [1.165, 1.54) is 12.1 Å². The molecule has 1 aromatic rings. The number of aliphatic imine (C=N–C) groups is 1. The lowest BCUT2D eigenvalue weighted by molar-refractivity contribution is -0.137. The molecule has 1 N–H and O–H groups in total. The molecule has 29 heavy (non-hydrogen) atoms. The minimum Gasteiger partial charge on any atom is -0.375 e. The molecule has 8 heteroatoms. The number of hydrogen-bond acceptors (Lipinski definition) is 3. The SMILES string of the molecule is CN=C(NCC1(c2cccc(C(F)(F)F)c2)CC1)N1CCOC(C2CCCO2)C1. The molecule has 0 amide bonds. The van der Waals surface area contributed by atoms with Gasteiger partial charge in [-0.15, -0.1) is 0 Å². The van der Waals surface area contributed by atoms with Crippen LogP contribution in [0.15, 0.2) is 29.3 Å². The standard InChI is InChI=1S/C21H28F3N3O2/c1-25-19(27-9-11-29-18(13-27)17-6-3-10-28-17)26-14-20(7-8-20)15-4-2-5-16(12-15)21(22,23)24/h2,4-5,12,17-18H,3,6-11,13-14H2,1H3,(H,25,26). The number of hydrogen-bond donors (Lipinski definition) is 1. The van der Waals surface area contributed by atoms with Crippen LogP contribution in [-0.2, 0) is 21.1 Å². The number of rotatable bonds is 4. The Kier molecular flexibility index (Phi) is 5.75. The smallest absolute Gasteiger partial charge is 0.375 e. The number of nitrogens with zero attached hydrogens (tertiary/aromatic N) is 2. The molecular weight excluding hydrogens is 383 g/mol. The third kappa shape index (κ3) is 4.53. The van der Waals surface area contributed by atoms with Gasteiger partial charge in [0, 0.05) is 38.7 Å². The van der Waals surface area contributed by atoms with Gasteiger partial charge in [-0.3, -0.25) is 4.99 Å². The van der Waals surface area contributed by atoms with Crippen LogP contribution >= 0.6 is 0 Å². The van der Waals surface area contributed by atoms with Gasteiger partial charge < -0.3 is 19.7 Å². The maximum Gasteiger partial charge on any atom is 0.416 e. The molecule has 1 saturated carbocycles. The molecule has 1 aliphatic carbocycles. The van der Waals surface area contributed by atoms with E-state index in [0.717, 1.165) is 56.4 Å². The first-order valence-electron chi connectivity index (χ1n) is 10.3. The summed E-state index contributed by atoms with van der Waals surface area (Å²) < 4.78 is 50.9. The summed E-state index contributed by atoms with van der Waals surface area (Å²) in [5, 5.41) is 3.41. The van der Waals surface area contributed by atoms with Crippen molar-refractivity contribution in [1.82, 2.24) is 10.2 Å². The molecule has 3 aliphatic rings. The maximum absolute atomic E-state index is 13.1. The van der Waals surface area contributed by atoms with E-state index in [4.69, 9.17) is 9.47 Å². The number of guanidine groups is 1. The normalized spacial score (nSPS) is 27.2. The van der Waals surface area contributed by atoms with Gasteiger partial charge in [0.2, 0.25) is 0 Å². The summed E-state index contributed by atoms with van der Waals surface area (Å²) in [7, 11) is 1.74. The molecule has 0 spiro atoms. The Morgan fingerprint density at radius 1 is 1.24 bits per heavy atom. The van der Waals surface area contributed by atoms with Gasteiger partial charge in [-0.2, -0.15) is 13.2 Å². The molecule has 2 unspecified atom stereocenters. The number of halogens is 3. The highest BCUT2D eigenvalue weighted by atomic mass is 19.4. The number of benzene rings is 1. The Morgan fingerprint density at radius 2 is 2.03 bits per heavy atom. The topological polar surface area (TPSA) is 46.1 Å². The van der Waals surface area contributed by atoms with Gasteiger partial charge in [0.05, 0.1) is 18.3 Å². The number of alkyl halides is 3. The molecule has 2 saturated heterocycles. The van der Waals surface area contributed by atoms with Crippen molar-refractivity contribution in [2.45, 2.75) is 49.5 Å². The van der Waals surface area contributed by atoms with Crippen molar-refractivity contribution in [2.24, 2.45) is 4.99 Å². The first-order valence-corrected chi connectivity index (χ1v) is 10.3. The quantitative estimate of drug-likeness (QED) is 0.611. The fraction of sp³-hybridized carbons (Fsp3) is 0.667. The second kappa shape index (κ2) is 8.14. The average Bonchev–Trinajstić information content (AvgIpc) is 3.31. The molecule has 1 aromatic carbocycles. The van der Waals surface area contributed by atoms with Crippen LogP contribution in [0, 0.1) is 0 Å². The van der Waals surface area contributed by atoms with E-state index in [1.807, 2.05) is 0 Å². The Hall–Kier alpha value is -1.80. The van der Waals surface area contributed by atoms with Gasteiger partial charge in [0.1, 0.15) is 6.10 Å². The number of morpholine rings is 1. The van der Waals surface area contributed by atoms with E-state index in [0.29, 0.717) is 19.7 Å². The first kappa shape index (κ1) is 20.5. The van der Waals surface area contributed by atoms with Crippen LogP contribution in [0.1, 0.15) is 36.8 Å². The molecule has 0 bridgehead atoms. The average molecular weight is 411 g/mol. The fourth-order valence-electron chi connectivity index (χ4n) is 4.31. The zero-order valence-electron chi connectivity index (χ0n) is 16.7. The number of nitrogens with one attached hydrogen (secondary N) is 1. The van der Waals surface area contributed by atoms with E-state index < -0.39 is 11.7 Å². The van der Waals surface area contributed by atoms with Crippen molar-refractivity contribution in [3.05, 3.63) is 35.4 Å². The van der Waals surface area contributed by atoms with E-state index in [-0.39, 0.29) is 17.6 Å². The van der Waals surface area contributed by atoms with Crippen molar-refractivity contribution in [1.29, 1.82) is 0 Å². The monoisotopic (exact) mass is 411 g/mol. The highest BCUT2D eigenvalue weighted by molar-refractivity contribution is 5.80. The van der Waals surface area contributed by atoms with E-state index in [2.05, 4.69) is 15.2 Å². The van der Waals surface area contributed by atoms with Crippen LogP contribution in [0.25, 0.3) is 0 Å². The highest BCUT2D eigenvalue weighted by Crippen LogP contribution is 2.48. The summed E-state index contributed by atoms with van der Waals surface area (Å²) in [5.41, 5.74) is -0.0926. The Labute approximate surface area is 169 Å². The third-order valence-electron chi connectivity index (χ3n) is 6.23. The van der Waals surface area contributed by atoms with Crippen molar-refractivity contribution in [3.8, 4) is 0 Å². The van der Waals surface area contributed by atoms with Crippen LogP contribution in [0.2, 0.25) is 0 Å². The third-order valence-corrected chi connectivity index (χ3v) is 6.23. The van der Waals surface area contributed by atoms with E-state index >= 15 is 0 Å². The van der Waals surface area contributed by atoms with Gasteiger partial charge in [0.25, 0.3) is 0 Å². The summed E-state index contributed by atoms with van der Waals surface area (Å²) in [5.74, 6) is 0.773. The summed E-state index contributed by atoms with van der Waals surface area (Å²) >= 11 is 0. The van der Waals surface area contributed by atoms with Gasteiger partial charge in [-0.05, 0) is 37.3 Å². The molecule has 2 atom stereocenters. The maximum atomic E-state index is 13.1. The predicted molar refractivity (Wildman–Crippen MR) is 104 cm³/mol. The Morgan fingerprint density at radius 3 is 2.69 bits per heavy atom. The summed E-state index contributed by atoms with van der Waals surface area (Å²) in [4.78, 5) is 6.57. The van der Waals surface area contributed by atoms with Crippen LogP contribution in [0.3, 0.4) is 0 Å². The summed E-state index contributed by atoms with van der Waals surface area (Å²) in [6.45, 7) is 3.42. The second-order valence-corrected chi connectivity index (χ2v) is 8.17. The van der Waals surface area contributed by atoms with E-state index in [1.54, 1.807) is 13.1 Å². The lowest BCUT2D eigenvalue weighted by atomic mass is 9.94. The molecule has 3 fully saturated rings. The zero-order valence-corrected chi connectivity index (χ0v) is 16.7. The van der Waals surface area contributed by atoms with Crippen LogP contribution in [0.5, 0.6) is 0 Å². The van der Waals surface area contributed by atoms with Crippen molar-refractivity contribution < 1.29 is 22.6 Å². The molecular formula is C21H28F3N3O2. The van der Waals surface area contributed by atoms with Gasteiger partial charge in [-0.25, -0.2) is 0 Å². The van der Waals surface area contributed by atoms with Gasteiger partial charge in [0.15, 0.2) is 5.96 Å². The lowest BCUT2D eigenvalue weighted by Gasteiger charge is -2.37. The second-order valence-electron chi connectivity index (χ2n) is 8.17. The molecule has 4 rings (SSSR count). The molecule has 2 heterocycles. The van der Waals surface area contributed by atoms with Crippen LogP contribution in [-0.4, -0.2) is 63.0 Å². The zero-order chi connectivity index (χ0) is 20.5. The van der Waals surface area contributed by atoms with E-state index in [9.17, 15) is 13.2 Å². The molecule has 0 aromatic heterocycles. The van der Waals surface area contributed by atoms with Crippen molar-refractivity contribution in [3.63, 3.8) is 0 Å². The Bertz CT molecular complexity index is 743. The van der Waals surface area contributed by atoms with Gasteiger partial charge >= 0.3 is 6.18 Å². The van der Waals surface area contributed by atoms with Crippen LogP contribution in [0.4, 0.5) is 13.2 Å². The summed E-state index contributed by atoms with van der Waals surface area (Å²) in [6, 6.07) is 5.72. The van der Waals surface area contributed by atoms with Crippen molar-refractivity contribution in [2.75, 3.05) is 39.9 Å². The largest absolute Gasteiger partial charge is 0.416 e. The van der Waals surface area contributed by atoms with Crippen LogP contribution < -0.4 is 5.32 Å². The first-order chi connectivity index (χ1) is 13.9. The number of ether oxygens (including phenoxy) is 2. The fourth-order valence-corrected chi connectivity index (χ4v) is 4.31. The molecule has 2 aliphatic heterocycles. The lowest BCUT2D eigenvalue weighted by Crippen LogP contribution is -2.54. The van der Waals surface area contributed by atoms with Gasteiger partial charge in [-0.1, -0.05) is 18.2 Å². The highest BCUT2D eigenvalue weighted by Gasteiger charge is 2.45. The minimum absolute atomic E-state index is 0.0307. The predicted octanol–water partition coefficient (Wildman–Crippen LogP) is 3.19. The minimum atomic E-state index is -4.32. The summed E-state index contributed by atoms with van der Waals surface area (Å²) in [6.07, 6.45) is -0.320. The van der Waals surface area contributed by atoms with Crippen molar-refractivity contribution >= 4 is 5.96 Å². The Balaban J connectivity index is 1.39. The molecule has 5 nitrogen and oxygen atoms in total. The molecule has 0 radical (unpaired) electrons.